The number of hydrogen-bond donors (Lipinski definition) is 0. The molecule has 0 atom stereocenters. The molecule has 0 bridgehead atoms. The van der Waals surface area contributed by atoms with E-state index in [0.717, 1.165) is 0 Å². The summed E-state index contributed by atoms with van der Waals surface area (Å²) in [7, 11) is 0. The van der Waals surface area contributed by atoms with E-state index in [1.165, 1.54) is 83.5 Å². The van der Waals surface area contributed by atoms with Crippen molar-refractivity contribution in [3.8, 4) is 22.3 Å². The zero-order chi connectivity index (χ0) is 25.5. The molecule has 0 N–H and O–H groups in total. The zero-order valence-electron chi connectivity index (χ0n) is 20.8. The van der Waals surface area contributed by atoms with Crippen LogP contribution in [0.5, 0.6) is 0 Å². The standard InChI is InChI=1S/C36H20S3/c1-2-4-24-19-33-30(17-23(24)3-1)35-36(38-33)31-18-29-16-25(9-10-27(29)20-34(31)39-35)21-5-7-22(8-6-21)26-11-12-32-28(15-26)13-14-37-32/h1-20H. The molecular formula is C36H20S3. The van der Waals surface area contributed by atoms with Crippen LogP contribution in [0.3, 0.4) is 0 Å². The van der Waals surface area contributed by atoms with E-state index in [1.807, 2.05) is 22.7 Å². The summed E-state index contributed by atoms with van der Waals surface area (Å²) in [6.07, 6.45) is 0. The molecule has 0 amide bonds. The first-order valence-corrected chi connectivity index (χ1v) is 15.6. The van der Waals surface area contributed by atoms with Gasteiger partial charge in [0, 0.05) is 24.9 Å². The van der Waals surface area contributed by atoms with Crippen LogP contribution in [-0.2, 0) is 0 Å². The van der Waals surface area contributed by atoms with Crippen LogP contribution < -0.4 is 0 Å². The predicted octanol–water partition coefficient (Wildman–Crippen LogP) is 12.1. The Labute approximate surface area is 237 Å². The van der Waals surface area contributed by atoms with Crippen molar-refractivity contribution >= 4 is 95.2 Å². The van der Waals surface area contributed by atoms with Crippen LogP contribution in [0.25, 0.3) is 83.5 Å². The van der Waals surface area contributed by atoms with Gasteiger partial charge in [-0.15, -0.1) is 34.0 Å². The monoisotopic (exact) mass is 548 g/mol. The van der Waals surface area contributed by atoms with Gasteiger partial charge in [0.1, 0.15) is 0 Å². The van der Waals surface area contributed by atoms with Crippen LogP contribution in [0.15, 0.2) is 121 Å². The summed E-state index contributed by atoms with van der Waals surface area (Å²) < 4.78 is 6.93. The van der Waals surface area contributed by atoms with E-state index in [0.29, 0.717) is 0 Å². The number of benzene rings is 6. The van der Waals surface area contributed by atoms with E-state index >= 15 is 0 Å². The van der Waals surface area contributed by atoms with Gasteiger partial charge >= 0.3 is 0 Å². The van der Waals surface area contributed by atoms with Crippen LogP contribution in [0.4, 0.5) is 0 Å². The number of rotatable bonds is 2. The van der Waals surface area contributed by atoms with Crippen LogP contribution in [0.2, 0.25) is 0 Å². The highest BCUT2D eigenvalue weighted by Gasteiger charge is 2.14. The molecule has 9 rings (SSSR count). The minimum absolute atomic E-state index is 1.25. The quantitative estimate of drug-likeness (QED) is 0.201. The van der Waals surface area contributed by atoms with E-state index in [-0.39, 0.29) is 0 Å². The van der Waals surface area contributed by atoms with Gasteiger partial charge in [0.05, 0.1) is 9.40 Å². The van der Waals surface area contributed by atoms with Crippen LogP contribution >= 0.6 is 34.0 Å². The SMILES string of the molecule is c1ccc2cc3c(cc2c1)sc1c2cc4cc(-c5ccc(-c6ccc7sccc7c6)cc5)ccc4cc2sc31. The lowest BCUT2D eigenvalue weighted by molar-refractivity contribution is 1.62. The second kappa shape index (κ2) is 8.24. The Bertz CT molecular complexity index is 2380. The van der Waals surface area contributed by atoms with Crippen LogP contribution in [-0.4, -0.2) is 0 Å². The Morgan fingerprint density at radius 3 is 1.59 bits per heavy atom. The molecule has 0 saturated heterocycles. The minimum atomic E-state index is 1.25. The maximum absolute atomic E-state index is 2.41. The van der Waals surface area contributed by atoms with Crippen molar-refractivity contribution in [2.75, 3.05) is 0 Å². The maximum atomic E-state index is 2.41. The molecule has 9 aromatic rings. The minimum Gasteiger partial charge on any atom is -0.144 e. The fraction of sp³-hybridized carbons (Fsp3) is 0. The van der Waals surface area contributed by atoms with E-state index < -0.39 is 0 Å². The van der Waals surface area contributed by atoms with Gasteiger partial charge in [-0.05, 0) is 103 Å². The van der Waals surface area contributed by atoms with Gasteiger partial charge in [-0.3, -0.25) is 0 Å². The fourth-order valence-corrected chi connectivity index (χ4v) is 9.33. The van der Waals surface area contributed by atoms with Gasteiger partial charge in [0.2, 0.25) is 0 Å². The fourth-order valence-electron chi connectivity index (χ4n) is 5.87. The highest BCUT2D eigenvalue weighted by molar-refractivity contribution is 7.36. The third kappa shape index (κ3) is 3.41. The molecule has 0 fully saturated rings. The number of fused-ring (bicyclic) bond motifs is 8. The second-order valence-electron chi connectivity index (χ2n) is 10.2. The Morgan fingerprint density at radius 2 is 0.897 bits per heavy atom. The molecule has 0 aliphatic carbocycles. The third-order valence-corrected chi connectivity index (χ3v) is 11.3. The molecular weight excluding hydrogens is 529 g/mol. The Kier molecular flexibility index (Phi) is 4.62. The van der Waals surface area contributed by atoms with Gasteiger partial charge in [-0.1, -0.05) is 66.7 Å². The molecule has 0 radical (unpaired) electrons. The average Bonchev–Trinajstić information content (AvgIpc) is 3.68. The van der Waals surface area contributed by atoms with Crippen molar-refractivity contribution in [3.63, 3.8) is 0 Å². The summed E-state index contributed by atoms with van der Waals surface area (Å²) in [4.78, 5) is 0. The summed E-state index contributed by atoms with van der Waals surface area (Å²) in [6, 6.07) is 43.1. The maximum Gasteiger partial charge on any atom is 0.0542 e. The summed E-state index contributed by atoms with van der Waals surface area (Å²) in [5, 5.41) is 11.5. The second-order valence-corrected chi connectivity index (χ2v) is 13.3. The summed E-state index contributed by atoms with van der Waals surface area (Å²) in [6.45, 7) is 0. The lowest BCUT2D eigenvalue weighted by atomic mass is 9.97. The first-order valence-electron chi connectivity index (χ1n) is 13.1. The highest BCUT2D eigenvalue weighted by atomic mass is 32.1. The van der Waals surface area contributed by atoms with Crippen molar-refractivity contribution in [3.05, 3.63) is 121 Å². The zero-order valence-corrected chi connectivity index (χ0v) is 23.2. The molecule has 0 aliphatic rings. The lowest BCUT2D eigenvalue weighted by Gasteiger charge is -2.07. The Balaban J connectivity index is 1.15. The molecule has 3 heteroatoms. The molecule has 39 heavy (non-hydrogen) atoms. The van der Waals surface area contributed by atoms with E-state index in [4.69, 9.17) is 0 Å². The van der Waals surface area contributed by atoms with Gasteiger partial charge in [-0.25, -0.2) is 0 Å². The molecule has 3 heterocycles. The summed E-state index contributed by atoms with van der Waals surface area (Å²) in [5.41, 5.74) is 5.04. The normalized spacial score (nSPS) is 12.1. The molecule has 0 nitrogen and oxygen atoms in total. The molecule has 6 aromatic carbocycles. The molecule has 0 saturated carbocycles. The first-order chi connectivity index (χ1) is 19.3. The van der Waals surface area contributed by atoms with E-state index in [1.54, 1.807) is 11.3 Å². The average molecular weight is 549 g/mol. The van der Waals surface area contributed by atoms with Crippen molar-refractivity contribution in [1.29, 1.82) is 0 Å². The molecule has 0 aliphatic heterocycles. The largest absolute Gasteiger partial charge is 0.144 e. The number of thiophene rings is 3. The van der Waals surface area contributed by atoms with Gasteiger partial charge in [0.25, 0.3) is 0 Å². The van der Waals surface area contributed by atoms with Gasteiger partial charge in [0.15, 0.2) is 0 Å². The van der Waals surface area contributed by atoms with Crippen LogP contribution in [0, 0.1) is 0 Å². The van der Waals surface area contributed by atoms with Crippen molar-refractivity contribution in [1.82, 2.24) is 0 Å². The van der Waals surface area contributed by atoms with Crippen molar-refractivity contribution < 1.29 is 0 Å². The van der Waals surface area contributed by atoms with Crippen molar-refractivity contribution in [2.45, 2.75) is 0 Å². The molecule has 3 aromatic heterocycles. The Hall–Kier alpha value is -4.02. The topological polar surface area (TPSA) is 0 Å². The van der Waals surface area contributed by atoms with Crippen molar-refractivity contribution in [2.24, 2.45) is 0 Å². The number of hydrogen-bond acceptors (Lipinski definition) is 3. The smallest absolute Gasteiger partial charge is 0.0542 e. The lowest BCUT2D eigenvalue weighted by Crippen LogP contribution is -1.81. The first kappa shape index (κ1) is 21.9. The molecule has 0 unspecified atom stereocenters. The summed E-state index contributed by atoms with van der Waals surface area (Å²) in [5.74, 6) is 0. The van der Waals surface area contributed by atoms with E-state index in [9.17, 15) is 0 Å². The van der Waals surface area contributed by atoms with Gasteiger partial charge in [-0.2, -0.15) is 0 Å². The molecule has 182 valence electrons. The summed E-state index contributed by atoms with van der Waals surface area (Å²) >= 11 is 5.66. The van der Waals surface area contributed by atoms with Gasteiger partial charge < -0.3 is 0 Å². The Morgan fingerprint density at radius 1 is 0.359 bits per heavy atom. The van der Waals surface area contributed by atoms with Crippen LogP contribution in [0.1, 0.15) is 0 Å². The third-order valence-electron chi connectivity index (χ3n) is 7.91. The highest BCUT2D eigenvalue weighted by Crippen LogP contribution is 2.46. The molecule has 0 spiro atoms. The van der Waals surface area contributed by atoms with E-state index in [2.05, 4.69) is 121 Å². The predicted molar refractivity (Wildman–Crippen MR) is 176 cm³/mol.